The van der Waals surface area contributed by atoms with E-state index in [1.807, 2.05) is 0 Å². The first-order chi connectivity index (χ1) is 14.4. The largest absolute Gasteiger partial charge is 0.273 e. The first-order valence-corrected chi connectivity index (χ1v) is 11.4. The number of anilines is 1. The summed E-state index contributed by atoms with van der Waals surface area (Å²) in [4.78, 5) is 30.0. The lowest BCUT2D eigenvalue weighted by molar-refractivity contribution is -0.120. The van der Waals surface area contributed by atoms with E-state index in [-0.39, 0.29) is 0 Å². The molecule has 3 nitrogen and oxygen atoms in total. The number of amides is 2. The van der Waals surface area contributed by atoms with E-state index >= 15 is 0 Å². The summed E-state index contributed by atoms with van der Waals surface area (Å²) in [6.07, 6.45) is 0. The van der Waals surface area contributed by atoms with E-state index in [2.05, 4.69) is 0 Å². The molecule has 3 aromatic rings. The summed E-state index contributed by atoms with van der Waals surface area (Å²) in [6.45, 7) is 0. The maximum absolute atomic E-state index is 13.3. The SMILES string of the molecule is O=C1C(Sc2ccc(Cl)cc2)=C(Sc2ccc(Cl)cc2)C(=O)N1c1ccccc1Cl. The van der Waals surface area contributed by atoms with E-state index in [4.69, 9.17) is 34.8 Å². The van der Waals surface area contributed by atoms with Crippen LogP contribution in [0.15, 0.2) is 92.4 Å². The third kappa shape index (κ3) is 4.41. The fourth-order valence-electron chi connectivity index (χ4n) is 2.76. The summed E-state index contributed by atoms with van der Waals surface area (Å²) in [6, 6.07) is 21.0. The van der Waals surface area contributed by atoms with Crippen molar-refractivity contribution in [3.8, 4) is 0 Å². The van der Waals surface area contributed by atoms with Gasteiger partial charge < -0.3 is 0 Å². The average Bonchev–Trinajstić information content (AvgIpc) is 2.96. The number of carbonyl (C=O) groups is 2. The molecule has 150 valence electrons. The van der Waals surface area contributed by atoms with Gasteiger partial charge in [-0.15, -0.1) is 0 Å². The second-order valence-corrected chi connectivity index (χ2v) is 9.61. The van der Waals surface area contributed by atoms with Gasteiger partial charge in [0.05, 0.1) is 20.5 Å². The Kier molecular flexibility index (Phi) is 6.46. The second kappa shape index (κ2) is 9.08. The number of carbonyl (C=O) groups excluding carboxylic acids is 2. The topological polar surface area (TPSA) is 37.4 Å². The van der Waals surface area contributed by atoms with Gasteiger partial charge in [-0.1, -0.05) is 70.5 Å². The number of rotatable bonds is 5. The number of para-hydroxylation sites is 1. The van der Waals surface area contributed by atoms with Gasteiger partial charge in [-0.3, -0.25) is 9.59 Å². The van der Waals surface area contributed by atoms with Crippen LogP contribution in [0.25, 0.3) is 0 Å². The van der Waals surface area contributed by atoms with Gasteiger partial charge in [0, 0.05) is 19.8 Å². The fraction of sp³-hybridized carbons (Fsp3) is 0. The standard InChI is InChI=1S/C22H12Cl3NO2S2/c23-13-5-9-15(10-6-13)29-19-20(30-16-11-7-14(24)8-12-16)22(28)26(21(19)27)18-4-2-1-3-17(18)25/h1-12H. The predicted molar refractivity (Wildman–Crippen MR) is 126 cm³/mol. The number of benzene rings is 3. The molecule has 0 saturated carbocycles. The molecule has 0 aromatic heterocycles. The van der Waals surface area contributed by atoms with Gasteiger partial charge in [0.15, 0.2) is 0 Å². The molecule has 8 heteroatoms. The van der Waals surface area contributed by atoms with Crippen LogP contribution in [0, 0.1) is 0 Å². The Morgan fingerprint density at radius 2 is 1.03 bits per heavy atom. The van der Waals surface area contributed by atoms with Crippen LogP contribution in [-0.2, 0) is 9.59 Å². The van der Waals surface area contributed by atoms with Gasteiger partial charge in [0.1, 0.15) is 0 Å². The molecule has 0 fully saturated rings. The molecule has 0 spiro atoms. The zero-order chi connectivity index (χ0) is 21.3. The van der Waals surface area contributed by atoms with E-state index in [1.54, 1.807) is 72.8 Å². The molecule has 0 saturated heterocycles. The molecule has 0 radical (unpaired) electrons. The van der Waals surface area contributed by atoms with Gasteiger partial charge in [0.2, 0.25) is 0 Å². The minimum atomic E-state index is -0.412. The summed E-state index contributed by atoms with van der Waals surface area (Å²) in [5.74, 6) is -0.825. The lowest BCUT2D eigenvalue weighted by Gasteiger charge is -2.16. The quantitative estimate of drug-likeness (QED) is 0.350. The Morgan fingerprint density at radius 1 is 0.600 bits per heavy atom. The zero-order valence-electron chi connectivity index (χ0n) is 15.1. The summed E-state index contributed by atoms with van der Waals surface area (Å²) in [5.41, 5.74) is 0.357. The van der Waals surface area contributed by atoms with Crippen LogP contribution in [-0.4, -0.2) is 11.8 Å². The molecule has 0 bridgehead atoms. The maximum atomic E-state index is 13.3. The molecule has 0 N–H and O–H groups in total. The lowest BCUT2D eigenvalue weighted by atomic mass is 10.3. The van der Waals surface area contributed by atoms with Crippen molar-refractivity contribution in [2.75, 3.05) is 4.90 Å². The fourth-order valence-corrected chi connectivity index (χ4v) is 5.22. The van der Waals surface area contributed by atoms with Crippen molar-refractivity contribution in [1.82, 2.24) is 0 Å². The minimum absolute atomic E-state index is 0.327. The van der Waals surface area contributed by atoms with Gasteiger partial charge in [-0.05, 0) is 60.7 Å². The maximum Gasteiger partial charge on any atom is 0.273 e. The number of halogens is 3. The highest BCUT2D eigenvalue weighted by atomic mass is 35.5. The highest BCUT2D eigenvalue weighted by molar-refractivity contribution is 8.08. The molecule has 2 amide bonds. The van der Waals surface area contributed by atoms with E-state index in [1.165, 1.54) is 23.5 Å². The molecule has 1 aliphatic rings. The van der Waals surface area contributed by atoms with Gasteiger partial charge in [-0.2, -0.15) is 0 Å². The van der Waals surface area contributed by atoms with E-state index in [9.17, 15) is 9.59 Å². The summed E-state index contributed by atoms with van der Waals surface area (Å²) in [5, 5.41) is 1.51. The van der Waals surface area contributed by atoms with Gasteiger partial charge in [-0.25, -0.2) is 4.90 Å². The first kappa shape index (κ1) is 21.3. The Morgan fingerprint density at radius 3 is 1.47 bits per heavy atom. The average molecular weight is 493 g/mol. The van der Waals surface area contributed by atoms with Crippen LogP contribution < -0.4 is 4.90 Å². The molecule has 0 atom stereocenters. The molecular formula is C22H12Cl3NO2S2. The third-order valence-electron chi connectivity index (χ3n) is 4.16. The van der Waals surface area contributed by atoms with Crippen LogP contribution in [0.1, 0.15) is 0 Å². The van der Waals surface area contributed by atoms with Crippen LogP contribution >= 0.6 is 58.3 Å². The highest BCUT2D eigenvalue weighted by Gasteiger charge is 2.41. The van der Waals surface area contributed by atoms with Gasteiger partial charge >= 0.3 is 0 Å². The second-order valence-electron chi connectivity index (χ2n) is 6.17. The van der Waals surface area contributed by atoms with E-state index < -0.39 is 11.8 Å². The number of thioether (sulfide) groups is 2. The van der Waals surface area contributed by atoms with Crippen molar-refractivity contribution in [3.63, 3.8) is 0 Å². The van der Waals surface area contributed by atoms with Crippen LogP contribution in [0.2, 0.25) is 15.1 Å². The van der Waals surface area contributed by atoms with Crippen molar-refractivity contribution in [1.29, 1.82) is 0 Å². The van der Waals surface area contributed by atoms with Crippen LogP contribution in [0.5, 0.6) is 0 Å². The number of nitrogens with zero attached hydrogens (tertiary/aromatic N) is 1. The monoisotopic (exact) mass is 491 g/mol. The molecule has 1 aliphatic heterocycles. The summed E-state index contributed by atoms with van der Waals surface area (Å²) >= 11 is 20.7. The van der Waals surface area contributed by atoms with Crippen molar-refractivity contribution in [2.24, 2.45) is 0 Å². The highest BCUT2D eigenvalue weighted by Crippen LogP contribution is 2.45. The smallest absolute Gasteiger partial charge is 0.268 e. The van der Waals surface area contributed by atoms with Crippen molar-refractivity contribution in [3.05, 3.63) is 97.7 Å². The Bertz CT molecular complexity index is 1090. The first-order valence-electron chi connectivity index (χ1n) is 8.68. The minimum Gasteiger partial charge on any atom is -0.268 e. The van der Waals surface area contributed by atoms with Gasteiger partial charge in [0.25, 0.3) is 11.8 Å². The van der Waals surface area contributed by atoms with Crippen LogP contribution in [0.4, 0.5) is 5.69 Å². The lowest BCUT2D eigenvalue weighted by Crippen LogP contribution is -2.31. The van der Waals surface area contributed by atoms with Crippen LogP contribution in [0.3, 0.4) is 0 Å². The molecule has 4 rings (SSSR count). The Labute approximate surface area is 197 Å². The Hall–Kier alpha value is -1.89. The summed E-state index contributed by atoms with van der Waals surface area (Å²) in [7, 11) is 0. The molecule has 30 heavy (non-hydrogen) atoms. The molecule has 0 unspecified atom stereocenters. The number of imide groups is 1. The number of hydrogen-bond acceptors (Lipinski definition) is 4. The number of hydrogen-bond donors (Lipinski definition) is 0. The zero-order valence-corrected chi connectivity index (χ0v) is 19.0. The normalized spacial score (nSPS) is 14.0. The van der Waals surface area contributed by atoms with Crippen molar-refractivity contribution >= 4 is 75.8 Å². The van der Waals surface area contributed by atoms with Crippen molar-refractivity contribution in [2.45, 2.75) is 9.79 Å². The molecule has 0 aliphatic carbocycles. The molecule has 3 aromatic carbocycles. The third-order valence-corrected chi connectivity index (χ3v) is 7.30. The molecular weight excluding hydrogens is 481 g/mol. The predicted octanol–water partition coefficient (Wildman–Crippen LogP) is 7.32. The molecule has 1 heterocycles. The van der Waals surface area contributed by atoms with E-state index in [0.29, 0.717) is 30.6 Å². The van der Waals surface area contributed by atoms with Crippen molar-refractivity contribution < 1.29 is 9.59 Å². The van der Waals surface area contributed by atoms with E-state index in [0.717, 1.165) is 14.7 Å². The Balaban J connectivity index is 1.75. The summed E-state index contributed by atoms with van der Waals surface area (Å²) < 4.78 is 0.